The molecule has 2 fully saturated rings. The van der Waals surface area contributed by atoms with E-state index in [1.165, 1.54) is 44.6 Å². The second-order valence-electron chi connectivity index (χ2n) is 6.71. The van der Waals surface area contributed by atoms with E-state index >= 15 is 0 Å². The van der Waals surface area contributed by atoms with Crippen LogP contribution in [0, 0.1) is 5.41 Å². The fourth-order valence-corrected chi connectivity index (χ4v) is 3.98. The Labute approximate surface area is 130 Å². The van der Waals surface area contributed by atoms with Gasteiger partial charge in [-0.05, 0) is 37.5 Å². The van der Waals surface area contributed by atoms with Gasteiger partial charge in [-0.25, -0.2) is 4.79 Å². The van der Waals surface area contributed by atoms with Gasteiger partial charge in [-0.2, -0.15) is 0 Å². The summed E-state index contributed by atoms with van der Waals surface area (Å²) in [5.74, 6) is -1.11. The van der Waals surface area contributed by atoms with Crippen molar-refractivity contribution in [1.82, 2.24) is 4.90 Å². The van der Waals surface area contributed by atoms with Gasteiger partial charge in [0.1, 0.15) is 6.26 Å². The monoisotopic (exact) mass is 305 g/mol. The van der Waals surface area contributed by atoms with Crippen molar-refractivity contribution in [1.29, 1.82) is 0 Å². The lowest BCUT2D eigenvalue weighted by molar-refractivity contribution is 0.0693. The molecule has 0 bridgehead atoms. The van der Waals surface area contributed by atoms with Gasteiger partial charge in [0.15, 0.2) is 5.76 Å². The number of carboxylic acid groups (broad SMARTS) is 1. The molecule has 2 heterocycles. The number of amides is 1. The Kier molecular flexibility index (Phi) is 4.23. The minimum atomic E-state index is -1.07. The topological polar surface area (TPSA) is 70.7 Å². The number of carboxylic acids is 1. The molecule has 1 saturated heterocycles. The van der Waals surface area contributed by atoms with Gasteiger partial charge in [-0.3, -0.25) is 4.79 Å². The predicted molar refractivity (Wildman–Crippen MR) is 80.9 cm³/mol. The van der Waals surface area contributed by atoms with Crippen LogP contribution in [0.2, 0.25) is 0 Å². The van der Waals surface area contributed by atoms with E-state index in [1.54, 1.807) is 0 Å². The lowest BCUT2D eigenvalue weighted by Gasteiger charge is -2.36. The maximum Gasteiger partial charge on any atom is 0.338 e. The molecule has 3 rings (SSSR count). The number of rotatable bonds is 2. The third kappa shape index (κ3) is 3.03. The zero-order chi connectivity index (χ0) is 15.6. The van der Waals surface area contributed by atoms with Crippen molar-refractivity contribution in [3.63, 3.8) is 0 Å². The summed E-state index contributed by atoms with van der Waals surface area (Å²) in [4.78, 5) is 25.2. The Bertz CT molecular complexity index is 557. The van der Waals surface area contributed by atoms with Gasteiger partial charge in [0, 0.05) is 19.2 Å². The van der Waals surface area contributed by atoms with Gasteiger partial charge < -0.3 is 14.4 Å². The summed E-state index contributed by atoms with van der Waals surface area (Å²) < 4.78 is 5.15. The normalized spacial score (nSPS) is 21.5. The van der Waals surface area contributed by atoms with Crippen molar-refractivity contribution < 1.29 is 19.1 Å². The molecular formula is C17H23NO4. The summed E-state index contributed by atoms with van der Waals surface area (Å²) in [5.41, 5.74) is 0.463. The first-order valence-corrected chi connectivity index (χ1v) is 8.21. The Morgan fingerprint density at radius 1 is 1.05 bits per heavy atom. The summed E-state index contributed by atoms with van der Waals surface area (Å²) in [7, 11) is 0. The van der Waals surface area contributed by atoms with E-state index in [2.05, 4.69) is 0 Å². The third-order valence-corrected chi connectivity index (χ3v) is 5.31. The Morgan fingerprint density at radius 2 is 1.77 bits per heavy atom. The zero-order valence-corrected chi connectivity index (χ0v) is 12.8. The zero-order valence-electron chi connectivity index (χ0n) is 12.8. The van der Waals surface area contributed by atoms with Gasteiger partial charge in [0.25, 0.3) is 5.91 Å². The van der Waals surface area contributed by atoms with Gasteiger partial charge >= 0.3 is 5.97 Å². The molecule has 0 aromatic carbocycles. The Hall–Kier alpha value is -1.78. The van der Waals surface area contributed by atoms with Crippen LogP contribution in [0.5, 0.6) is 0 Å². The molecule has 1 amide bonds. The lowest BCUT2D eigenvalue weighted by atomic mass is 9.69. The van der Waals surface area contributed by atoms with Crippen LogP contribution in [0.4, 0.5) is 0 Å². The van der Waals surface area contributed by atoms with Gasteiger partial charge in [0.05, 0.1) is 5.56 Å². The van der Waals surface area contributed by atoms with E-state index in [-0.39, 0.29) is 17.2 Å². The van der Waals surface area contributed by atoms with E-state index in [0.29, 0.717) is 5.41 Å². The molecular weight excluding hydrogens is 282 g/mol. The molecule has 120 valence electrons. The second-order valence-corrected chi connectivity index (χ2v) is 6.71. The first kappa shape index (κ1) is 15.1. The molecule has 5 nitrogen and oxygen atoms in total. The minimum absolute atomic E-state index is 0.0296. The van der Waals surface area contributed by atoms with E-state index in [4.69, 9.17) is 9.52 Å². The summed E-state index contributed by atoms with van der Waals surface area (Å²) in [6.45, 7) is 1.49. The lowest BCUT2D eigenvalue weighted by Crippen LogP contribution is -2.33. The molecule has 1 saturated carbocycles. The van der Waals surface area contributed by atoms with Crippen molar-refractivity contribution in [3.8, 4) is 0 Å². The predicted octanol–water partition coefficient (Wildman–Crippen LogP) is 3.55. The summed E-state index contributed by atoms with van der Waals surface area (Å²) in [5, 5.41) is 8.92. The largest absolute Gasteiger partial charge is 0.478 e. The number of nitrogens with zero attached hydrogens (tertiary/aromatic N) is 1. The molecule has 0 atom stereocenters. The first-order valence-electron chi connectivity index (χ1n) is 8.21. The highest BCUT2D eigenvalue weighted by molar-refractivity contribution is 5.95. The molecule has 1 aliphatic carbocycles. The van der Waals surface area contributed by atoms with Gasteiger partial charge in [-0.1, -0.05) is 19.3 Å². The number of carbonyl (C=O) groups is 2. The average Bonchev–Trinajstić information content (AvgIpc) is 2.93. The molecule has 1 aromatic heterocycles. The quantitative estimate of drug-likeness (QED) is 0.907. The molecule has 2 aliphatic rings. The maximum atomic E-state index is 12.5. The molecule has 1 aromatic rings. The Balaban J connectivity index is 1.67. The van der Waals surface area contributed by atoms with E-state index < -0.39 is 5.97 Å². The highest BCUT2D eigenvalue weighted by atomic mass is 16.4. The van der Waals surface area contributed by atoms with Gasteiger partial charge in [0.2, 0.25) is 0 Å². The second kappa shape index (κ2) is 6.15. The number of hydrogen-bond acceptors (Lipinski definition) is 3. The van der Waals surface area contributed by atoms with Crippen LogP contribution in [-0.2, 0) is 0 Å². The van der Waals surface area contributed by atoms with Crippen LogP contribution in [0.1, 0.15) is 72.3 Å². The molecule has 1 N–H and O–H groups in total. The van der Waals surface area contributed by atoms with Crippen LogP contribution in [0.25, 0.3) is 0 Å². The van der Waals surface area contributed by atoms with Crippen molar-refractivity contribution >= 4 is 11.9 Å². The van der Waals surface area contributed by atoms with E-state index in [0.717, 1.165) is 32.2 Å². The van der Waals surface area contributed by atoms with Crippen molar-refractivity contribution in [2.24, 2.45) is 5.41 Å². The van der Waals surface area contributed by atoms with Crippen LogP contribution in [-0.4, -0.2) is 35.0 Å². The van der Waals surface area contributed by atoms with E-state index in [1.807, 2.05) is 4.90 Å². The highest BCUT2D eigenvalue weighted by Crippen LogP contribution is 2.44. The fraction of sp³-hybridized carbons (Fsp3) is 0.647. The highest BCUT2D eigenvalue weighted by Gasteiger charge is 2.35. The number of furan rings is 1. The van der Waals surface area contributed by atoms with Crippen molar-refractivity contribution in [2.75, 3.05) is 13.1 Å². The fourth-order valence-electron chi connectivity index (χ4n) is 3.98. The standard InChI is InChI=1S/C17H23NO4/c19-15(14-11-13(12-22-14)16(20)21)18-9-4-7-17(8-10-18)5-2-1-3-6-17/h11-12H,1-10H2,(H,20,21). The molecule has 5 heteroatoms. The number of aromatic carboxylic acids is 1. The first-order chi connectivity index (χ1) is 10.6. The summed E-state index contributed by atoms with van der Waals surface area (Å²) in [6.07, 6.45) is 11.0. The van der Waals surface area contributed by atoms with Crippen LogP contribution >= 0.6 is 0 Å². The number of carbonyl (C=O) groups excluding carboxylic acids is 1. The van der Waals surface area contributed by atoms with Gasteiger partial charge in [-0.15, -0.1) is 0 Å². The molecule has 1 aliphatic heterocycles. The summed E-state index contributed by atoms with van der Waals surface area (Å²) in [6, 6.07) is 1.33. The Morgan fingerprint density at radius 3 is 2.45 bits per heavy atom. The molecule has 22 heavy (non-hydrogen) atoms. The maximum absolute atomic E-state index is 12.5. The number of hydrogen-bond donors (Lipinski definition) is 1. The number of likely N-dealkylation sites (tertiary alicyclic amines) is 1. The SMILES string of the molecule is O=C(O)c1coc(C(=O)N2CCCC3(CCCCC3)CC2)c1. The van der Waals surface area contributed by atoms with Crippen LogP contribution in [0.3, 0.4) is 0 Å². The third-order valence-electron chi connectivity index (χ3n) is 5.31. The molecule has 0 radical (unpaired) electrons. The van der Waals surface area contributed by atoms with Crippen LogP contribution < -0.4 is 0 Å². The summed E-state index contributed by atoms with van der Waals surface area (Å²) >= 11 is 0. The minimum Gasteiger partial charge on any atom is -0.478 e. The van der Waals surface area contributed by atoms with Crippen molar-refractivity contribution in [3.05, 3.63) is 23.7 Å². The van der Waals surface area contributed by atoms with Crippen molar-refractivity contribution in [2.45, 2.75) is 51.4 Å². The molecule has 0 unspecified atom stereocenters. The molecule has 1 spiro atoms. The van der Waals surface area contributed by atoms with E-state index in [9.17, 15) is 9.59 Å². The van der Waals surface area contributed by atoms with Crippen LogP contribution in [0.15, 0.2) is 16.7 Å². The smallest absolute Gasteiger partial charge is 0.338 e. The average molecular weight is 305 g/mol.